The van der Waals surface area contributed by atoms with E-state index in [1.807, 2.05) is 37.5 Å². The van der Waals surface area contributed by atoms with Crippen LogP contribution in [0.5, 0.6) is 0 Å². The van der Waals surface area contributed by atoms with Crippen LogP contribution >= 0.6 is 0 Å². The van der Waals surface area contributed by atoms with E-state index in [4.69, 9.17) is 4.74 Å². The Bertz CT molecular complexity index is 1420. The van der Waals surface area contributed by atoms with Gasteiger partial charge in [-0.05, 0) is 45.0 Å². The molecule has 5 heterocycles. The Kier molecular flexibility index (Phi) is 4.96. The Morgan fingerprint density at radius 1 is 1.03 bits per heavy atom. The fourth-order valence-electron chi connectivity index (χ4n) is 4.97. The summed E-state index contributed by atoms with van der Waals surface area (Å²) in [7, 11) is 0. The van der Waals surface area contributed by atoms with Gasteiger partial charge >= 0.3 is 0 Å². The van der Waals surface area contributed by atoms with Gasteiger partial charge in [0.25, 0.3) is 0 Å². The van der Waals surface area contributed by atoms with E-state index in [9.17, 15) is 8.78 Å². The molecule has 8 nitrogen and oxygen atoms in total. The molecule has 10 heteroatoms. The first kappa shape index (κ1) is 21.8. The molecule has 4 aromatic rings. The van der Waals surface area contributed by atoms with Crippen molar-refractivity contribution in [2.75, 3.05) is 36.5 Å². The quantitative estimate of drug-likeness (QED) is 0.449. The molecule has 0 saturated carbocycles. The Labute approximate surface area is 201 Å². The third-order valence-corrected chi connectivity index (χ3v) is 6.68. The summed E-state index contributed by atoms with van der Waals surface area (Å²) < 4.78 is 36.9. The normalized spacial score (nSPS) is 16.6. The molecule has 0 aliphatic carbocycles. The molecular formula is C25H25F2N7O. The number of halogens is 2. The van der Waals surface area contributed by atoms with Crippen molar-refractivity contribution in [3.8, 4) is 11.3 Å². The van der Waals surface area contributed by atoms with Gasteiger partial charge in [-0.25, -0.2) is 28.7 Å². The molecule has 0 atom stereocenters. The molecule has 180 valence electrons. The van der Waals surface area contributed by atoms with Gasteiger partial charge < -0.3 is 19.5 Å². The summed E-state index contributed by atoms with van der Waals surface area (Å²) in [5, 5.41) is 3.02. The fraction of sp³-hybridized carbons (Fsp3) is 0.360. The van der Waals surface area contributed by atoms with E-state index in [-0.39, 0.29) is 23.2 Å². The molecule has 6 rings (SSSR count). The highest BCUT2D eigenvalue weighted by molar-refractivity contribution is 5.83. The SMILES string of the molecule is Cc1nc2c(F)cc(-c3nc(Nc4ccc(N5CC6(COC6)C5)cn4)ncc3F)cc2n1C(C)C. The lowest BCUT2D eigenvalue weighted by Gasteiger charge is -2.55. The number of pyridine rings is 1. The Hall–Kier alpha value is -3.66. The Balaban J connectivity index is 1.27. The summed E-state index contributed by atoms with van der Waals surface area (Å²) in [6.07, 6.45) is 2.87. The molecule has 0 unspecified atom stereocenters. The van der Waals surface area contributed by atoms with Gasteiger partial charge in [0.2, 0.25) is 5.95 Å². The zero-order valence-electron chi connectivity index (χ0n) is 19.7. The molecule has 0 radical (unpaired) electrons. The van der Waals surface area contributed by atoms with Crippen LogP contribution in [0.25, 0.3) is 22.3 Å². The molecule has 3 aromatic heterocycles. The van der Waals surface area contributed by atoms with Crippen LogP contribution in [0.15, 0.2) is 36.7 Å². The summed E-state index contributed by atoms with van der Waals surface area (Å²) in [6, 6.07) is 6.85. The van der Waals surface area contributed by atoms with Crippen molar-refractivity contribution in [3.63, 3.8) is 0 Å². The first-order valence-electron chi connectivity index (χ1n) is 11.6. The average Bonchev–Trinajstić information content (AvgIpc) is 3.11. The lowest BCUT2D eigenvalue weighted by atomic mass is 9.78. The highest BCUT2D eigenvalue weighted by Crippen LogP contribution is 2.40. The lowest BCUT2D eigenvalue weighted by molar-refractivity contribution is -0.127. The molecule has 1 N–H and O–H groups in total. The average molecular weight is 478 g/mol. The number of nitrogens with zero attached hydrogens (tertiary/aromatic N) is 6. The monoisotopic (exact) mass is 477 g/mol. The zero-order valence-corrected chi connectivity index (χ0v) is 19.7. The summed E-state index contributed by atoms with van der Waals surface area (Å²) >= 11 is 0. The van der Waals surface area contributed by atoms with Crippen molar-refractivity contribution in [1.82, 2.24) is 24.5 Å². The van der Waals surface area contributed by atoms with Crippen molar-refractivity contribution < 1.29 is 13.5 Å². The van der Waals surface area contributed by atoms with Gasteiger partial charge in [0.05, 0.1) is 42.2 Å². The number of imidazole rings is 1. The van der Waals surface area contributed by atoms with Crippen LogP contribution < -0.4 is 10.2 Å². The van der Waals surface area contributed by atoms with Gasteiger partial charge in [0.1, 0.15) is 22.9 Å². The minimum Gasteiger partial charge on any atom is -0.380 e. The van der Waals surface area contributed by atoms with Crippen molar-refractivity contribution in [2.24, 2.45) is 5.41 Å². The number of fused-ring (bicyclic) bond motifs is 1. The maximum atomic E-state index is 14.9. The van der Waals surface area contributed by atoms with Gasteiger partial charge in [0, 0.05) is 24.7 Å². The van der Waals surface area contributed by atoms with E-state index in [2.05, 4.69) is 30.2 Å². The second-order valence-corrected chi connectivity index (χ2v) is 9.71. The largest absolute Gasteiger partial charge is 0.380 e. The third kappa shape index (κ3) is 3.68. The predicted molar refractivity (Wildman–Crippen MR) is 129 cm³/mol. The van der Waals surface area contributed by atoms with E-state index >= 15 is 0 Å². The molecule has 1 aromatic carbocycles. The van der Waals surface area contributed by atoms with Gasteiger partial charge in [-0.2, -0.15) is 0 Å². The summed E-state index contributed by atoms with van der Waals surface area (Å²) in [5.41, 5.74) is 2.53. The van der Waals surface area contributed by atoms with Crippen LogP contribution in [0.1, 0.15) is 25.7 Å². The number of aromatic nitrogens is 5. The molecule has 35 heavy (non-hydrogen) atoms. The van der Waals surface area contributed by atoms with E-state index in [1.54, 1.807) is 12.3 Å². The van der Waals surface area contributed by atoms with Crippen molar-refractivity contribution in [3.05, 3.63) is 54.1 Å². The molecular weight excluding hydrogens is 452 g/mol. The molecule has 2 aliphatic rings. The van der Waals surface area contributed by atoms with Gasteiger partial charge in [-0.3, -0.25) is 0 Å². The summed E-state index contributed by atoms with van der Waals surface area (Å²) in [6.45, 7) is 9.42. The van der Waals surface area contributed by atoms with E-state index in [0.717, 1.165) is 38.2 Å². The first-order valence-corrected chi connectivity index (χ1v) is 11.6. The van der Waals surface area contributed by atoms with Gasteiger partial charge in [-0.15, -0.1) is 0 Å². The van der Waals surface area contributed by atoms with Crippen LogP contribution in [-0.4, -0.2) is 50.8 Å². The van der Waals surface area contributed by atoms with Crippen LogP contribution in [0.4, 0.5) is 26.2 Å². The number of anilines is 3. The standard InChI is InChI=1S/C25H25F2N7O/c1-14(2)34-15(3)30-23-18(26)6-16(7-20(23)34)22-19(27)9-29-24(32-22)31-21-5-4-17(8-28-21)33-10-25(11-33)12-35-13-25/h4-9,14H,10-13H2,1-3H3,(H,28,29,31,32). The van der Waals surface area contributed by atoms with Crippen molar-refractivity contribution in [1.29, 1.82) is 0 Å². The summed E-state index contributed by atoms with van der Waals surface area (Å²) in [5.74, 6) is 0.233. The number of ether oxygens (including phenoxy) is 1. The van der Waals surface area contributed by atoms with Gasteiger partial charge in [0.15, 0.2) is 11.6 Å². The minimum absolute atomic E-state index is 0.00248. The number of benzene rings is 1. The van der Waals surface area contributed by atoms with Crippen LogP contribution in [-0.2, 0) is 4.74 Å². The lowest BCUT2D eigenvalue weighted by Crippen LogP contribution is -2.66. The number of nitrogens with one attached hydrogen (secondary N) is 1. The maximum Gasteiger partial charge on any atom is 0.229 e. The number of rotatable bonds is 5. The van der Waals surface area contributed by atoms with Crippen LogP contribution in [0.2, 0.25) is 0 Å². The van der Waals surface area contributed by atoms with Crippen LogP contribution in [0, 0.1) is 24.0 Å². The molecule has 1 spiro atoms. The van der Waals surface area contributed by atoms with E-state index in [0.29, 0.717) is 28.1 Å². The first-order chi connectivity index (χ1) is 16.8. The van der Waals surface area contributed by atoms with Crippen molar-refractivity contribution >= 4 is 28.5 Å². The maximum absolute atomic E-state index is 14.9. The summed E-state index contributed by atoms with van der Waals surface area (Å²) in [4.78, 5) is 19.4. The Morgan fingerprint density at radius 2 is 1.83 bits per heavy atom. The predicted octanol–water partition coefficient (Wildman–Crippen LogP) is 4.64. The number of aryl methyl sites for hydroxylation is 1. The van der Waals surface area contributed by atoms with E-state index in [1.165, 1.54) is 6.07 Å². The minimum atomic E-state index is -0.642. The van der Waals surface area contributed by atoms with Crippen LogP contribution in [0.3, 0.4) is 0 Å². The van der Waals surface area contributed by atoms with Gasteiger partial charge in [-0.1, -0.05) is 0 Å². The zero-order chi connectivity index (χ0) is 24.3. The third-order valence-electron chi connectivity index (χ3n) is 6.68. The topological polar surface area (TPSA) is 81.0 Å². The number of hydrogen-bond donors (Lipinski definition) is 1. The van der Waals surface area contributed by atoms with E-state index < -0.39 is 11.6 Å². The molecule has 2 fully saturated rings. The fourth-order valence-corrected chi connectivity index (χ4v) is 4.97. The molecule has 2 aliphatic heterocycles. The number of hydrogen-bond acceptors (Lipinski definition) is 7. The highest BCUT2D eigenvalue weighted by Gasteiger charge is 2.49. The Morgan fingerprint density at radius 3 is 2.49 bits per heavy atom. The molecule has 2 saturated heterocycles. The second-order valence-electron chi connectivity index (χ2n) is 9.71. The molecule has 0 bridgehead atoms. The van der Waals surface area contributed by atoms with Crippen molar-refractivity contribution in [2.45, 2.75) is 26.8 Å². The second kappa shape index (κ2) is 7.94. The smallest absolute Gasteiger partial charge is 0.229 e. The highest BCUT2D eigenvalue weighted by atomic mass is 19.1. The molecule has 0 amide bonds.